The molecule has 0 unspecified atom stereocenters. The topological polar surface area (TPSA) is 79.1 Å². The lowest BCUT2D eigenvalue weighted by Gasteiger charge is -2.03. The molecule has 0 aliphatic carbocycles. The van der Waals surface area contributed by atoms with Crippen LogP contribution in [0, 0.1) is 0 Å². The van der Waals surface area contributed by atoms with Crippen molar-refractivity contribution in [1.29, 1.82) is 0 Å². The molecule has 1 aromatic rings. The first-order valence-electron chi connectivity index (χ1n) is 3.82. The highest BCUT2D eigenvalue weighted by molar-refractivity contribution is 5.85. The molecule has 4 nitrogen and oxygen atoms in total. The number of hydrogen-bond donors (Lipinski definition) is 3. The van der Waals surface area contributed by atoms with Crippen molar-refractivity contribution in [3.63, 3.8) is 0 Å². The van der Waals surface area contributed by atoms with E-state index in [-0.39, 0.29) is 11.7 Å². The zero-order chi connectivity index (χ0) is 9.14. The van der Waals surface area contributed by atoms with Crippen molar-refractivity contribution in [3.8, 4) is 0 Å². The SMILES string of the molecule is CC[C@@H](N)c1c[nH]c(C(=O)O)c1. The van der Waals surface area contributed by atoms with Crippen LogP contribution in [0.5, 0.6) is 0 Å². The molecule has 0 fully saturated rings. The lowest BCUT2D eigenvalue weighted by atomic mass is 10.1. The van der Waals surface area contributed by atoms with E-state index in [1.54, 1.807) is 12.3 Å². The predicted octanol–water partition coefficient (Wildman–Crippen LogP) is 1.12. The molecule has 1 heterocycles. The Kier molecular flexibility index (Phi) is 2.50. The number of aromatic carboxylic acids is 1. The quantitative estimate of drug-likeness (QED) is 0.632. The van der Waals surface area contributed by atoms with Crippen molar-refractivity contribution in [2.75, 3.05) is 0 Å². The molecule has 0 aliphatic heterocycles. The van der Waals surface area contributed by atoms with Crippen molar-refractivity contribution in [3.05, 3.63) is 23.5 Å². The zero-order valence-electron chi connectivity index (χ0n) is 6.87. The number of nitrogens with one attached hydrogen (secondary N) is 1. The van der Waals surface area contributed by atoms with Gasteiger partial charge in [0, 0.05) is 12.2 Å². The van der Waals surface area contributed by atoms with Gasteiger partial charge in [-0.15, -0.1) is 0 Å². The number of aromatic amines is 1. The Labute approximate surface area is 70.4 Å². The minimum atomic E-state index is -0.954. The van der Waals surface area contributed by atoms with Gasteiger partial charge in [-0.05, 0) is 18.1 Å². The maximum Gasteiger partial charge on any atom is 0.352 e. The first-order valence-corrected chi connectivity index (χ1v) is 3.82. The monoisotopic (exact) mass is 168 g/mol. The molecular formula is C8H12N2O2. The Balaban J connectivity index is 2.84. The molecule has 4 N–H and O–H groups in total. The summed E-state index contributed by atoms with van der Waals surface area (Å²) < 4.78 is 0. The molecule has 1 aromatic heterocycles. The second kappa shape index (κ2) is 3.40. The lowest BCUT2D eigenvalue weighted by molar-refractivity contribution is 0.0691. The summed E-state index contributed by atoms with van der Waals surface area (Å²) in [4.78, 5) is 13.1. The second-order valence-electron chi connectivity index (χ2n) is 2.67. The van der Waals surface area contributed by atoms with Gasteiger partial charge in [0.25, 0.3) is 0 Å². The van der Waals surface area contributed by atoms with Gasteiger partial charge in [0.2, 0.25) is 0 Å². The van der Waals surface area contributed by atoms with Crippen molar-refractivity contribution in [2.24, 2.45) is 5.73 Å². The molecule has 0 saturated heterocycles. The molecule has 12 heavy (non-hydrogen) atoms. The first-order chi connectivity index (χ1) is 5.65. The largest absolute Gasteiger partial charge is 0.477 e. The third-order valence-electron chi connectivity index (χ3n) is 1.80. The van der Waals surface area contributed by atoms with Crippen molar-refractivity contribution in [2.45, 2.75) is 19.4 Å². The van der Waals surface area contributed by atoms with Crippen LogP contribution in [0.1, 0.15) is 35.4 Å². The van der Waals surface area contributed by atoms with Gasteiger partial charge in [-0.1, -0.05) is 6.92 Å². The number of carboxylic acids is 1. The summed E-state index contributed by atoms with van der Waals surface area (Å²) in [5, 5.41) is 8.58. The van der Waals surface area contributed by atoms with Gasteiger partial charge in [-0.2, -0.15) is 0 Å². The number of H-pyrrole nitrogens is 1. The van der Waals surface area contributed by atoms with Crippen molar-refractivity contribution >= 4 is 5.97 Å². The normalized spacial score (nSPS) is 12.8. The first kappa shape index (κ1) is 8.80. The van der Waals surface area contributed by atoms with Crippen LogP contribution in [-0.2, 0) is 0 Å². The van der Waals surface area contributed by atoms with Crippen LogP contribution in [0.2, 0.25) is 0 Å². The summed E-state index contributed by atoms with van der Waals surface area (Å²) in [5.41, 5.74) is 6.73. The Bertz CT molecular complexity index is 280. The van der Waals surface area contributed by atoms with Crippen molar-refractivity contribution in [1.82, 2.24) is 4.98 Å². The third-order valence-corrected chi connectivity index (χ3v) is 1.80. The Hall–Kier alpha value is -1.29. The molecule has 66 valence electrons. The summed E-state index contributed by atoms with van der Waals surface area (Å²) in [6.07, 6.45) is 2.44. The number of nitrogens with two attached hydrogens (primary N) is 1. The van der Waals surface area contributed by atoms with Crippen LogP contribution in [0.15, 0.2) is 12.3 Å². The van der Waals surface area contributed by atoms with Gasteiger partial charge in [-0.3, -0.25) is 0 Å². The van der Waals surface area contributed by atoms with Gasteiger partial charge in [0.15, 0.2) is 0 Å². The highest BCUT2D eigenvalue weighted by Gasteiger charge is 2.09. The second-order valence-corrected chi connectivity index (χ2v) is 2.67. The molecule has 0 saturated carbocycles. The fourth-order valence-corrected chi connectivity index (χ4v) is 0.984. The van der Waals surface area contributed by atoms with Crippen LogP contribution in [0.4, 0.5) is 0 Å². The van der Waals surface area contributed by atoms with E-state index in [1.165, 1.54) is 0 Å². The van der Waals surface area contributed by atoms with Gasteiger partial charge in [0.1, 0.15) is 5.69 Å². The summed E-state index contributed by atoms with van der Waals surface area (Å²) in [7, 11) is 0. The Morgan fingerprint density at radius 3 is 2.92 bits per heavy atom. The van der Waals surface area contributed by atoms with E-state index < -0.39 is 5.97 Å². The Morgan fingerprint density at radius 1 is 1.83 bits per heavy atom. The molecule has 1 rings (SSSR count). The maximum absolute atomic E-state index is 10.5. The fourth-order valence-electron chi connectivity index (χ4n) is 0.984. The minimum Gasteiger partial charge on any atom is -0.477 e. The van der Waals surface area contributed by atoms with Gasteiger partial charge < -0.3 is 15.8 Å². The molecule has 4 heteroatoms. The van der Waals surface area contributed by atoms with E-state index in [9.17, 15) is 4.79 Å². The van der Waals surface area contributed by atoms with Gasteiger partial charge in [-0.25, -0.2) is 4.79 Å². The number of carboxylic acid groups (broad SMARTS) is 1. The van der Waals surface area contributed by atoms with E-state index >= 15 is 0 Å². The fraction of sp³-hybridized carbons (Fsp3) is 0.375. The van der Waals surface area contributed by atoms with E-state index in [1.807, 2.05) is 6.92 Å². The molecule has 0 aromatic carbocycles. The maximum atomic E-state index is 10.5. The summed E-state index contributed by atoms with van der Waals surface area (Å²) in [6.45, 7) is 1.96. The number of rotatable bonds is 3. The molecule has 0 spiro atoms. The average molecular weight is 168 g/mol. The highest BCUT2D eigenvalue weighted by Crippen LogP contribution is 2.14. The van der Waals surface area contributed by atoms with E-state index in [4.69, 9.17) is 10.8 Å². The number of hydrogen-bond acceptors (Lipinski definition) is 2. The van der Waals surface area contributed by atoms with Gasteiger partial charge >= 0.3 is 5.97 Å². The van der Waals surface area contributed by atoms with E-state index in [0.29, 0.717) is 0 Å². The van der Waals surface area contributed by atoms with Crippen LogP contribution >= 0.6 is 0 Å². The van der Waals surface area contributed by atoms with Crippen LogP contribution in [-0.4, -0.2) is 16.1 Å². The highest BCUT2D eigenvalue weighted by atomic mass is 16.4. The van der Waals surface area contributed by atoms with Crippen molar-refractivity contribution < 1.29 is 9.90 Å². The summed E-state index contributed by atoms with van der Waals surface area (Å²) in [5.74, 6) is -0.954. The van der Waals surface area contributed by atoms with E-state index in [2.05, 4.69) is 4.98 Å². The molecule has 0 amide bonds. The standard InChI is InChI=1S/C8H12N2O2/c1-2-6(9)5-3-7(8(11)12)10-4-5/h3-4,6,10H,2,9H2,1H3,(H,11,12)/t6-/m1/s1. The number of aromatic nitrogens is 1. The molecule has 0 aliphatic rings. The molecule has 0 bridgehead atoms. The third kappa shape index (κ3) is 1.65. The molecule has 0 radical (unpaired) electrons. The van der Waals surface area contributed by atoms with Crippen LogP contribution in [0.25, 0.3) is 0 Å². The minimum absolute atomic E-state index is 0.0747. The lowest BCUT2D eigenvalue weighted by Crippen LogP contribution is -2.07. The van der Waals surface area contributed by atoms with Crippen LogP contribution < -0.4 is 5.73 Å². The van der Waals surface area contributed by atoms with Crippen LogP contribution in [0.3, 0.4) is 0 Å². The summed E-state index contributed by atoms with van der Waals surface area (Å²) >= 11 is 0. The van der Waals surface area contributed by atoms with Gasteiger partial charge in [0.05, 0.1) is 0 Å². The van der Waals surface area contributed by atoms with E-state index in [0.717, 1.165) is 12.0 Å². The smallest absolute Gasteiger partial charge is 0.352 e. The molecule has 1 atom stereocenters. The summed E-state index contributed by atoms with van der Waals surface area (Å²) in [6, 6.07) is 1.49. The average Bonchev–Trinajstić information content (AvgIpc) is 2.51. The predicted molar refractivity (Wildman–Crippen MR) is 45.0 cm³/mol. The molecular weight excluding hydrogens is 156 g/mol. The number of carbonyl (C=O) groups is 1. The Morgan fingerprint density at radius 2 is 2.50 bits per heavy atom. The zero-order valence-corrected chi connectivity index (χ0v) is 6.87.